The van der Waals surface area contributed by atoms with Crippen LogP contribution >= 0.6 is 0 Å². The molecule has 0 N–H and O–H groups in total. The van der Waals surface area contributed by atoms with Crippen molar-refractivity contribution in [1.82, 2.24) is 24.9 Å². The van der Waals surface area contributed by atoms with E-state index in [-0.39, 0.29) is 11.5 Å². The van der Waals surface area contributed by atoms with E-state index in [0.29, 0.717) is 11.7 Å². The molecule has 2 aromatic heterocycles. The molecule has 1 aliphatic heterocycles. The molecule has 1 fully saturated rings. The number of nitrogens with zero attached hydrogens (tertiary/aromatic N) is 5. The first-order valence-corrected chi connectivity index (χ1v) is 10.2. The molecule has 0 bridgehead atoms. The molecular formula is C22H29N5O2. The van der Waals surface area contributed by atoms with E-state index in [9.17, 15) is 0 Å². The van der Waals surface area contributed by atoms with Crippen LogP contribution in [-0.4, -0.2) is 51.1 Å². The van der Waals surface area contributed by atoms with Crippen molar-refractivity contribution in [2.45, 2.75) is 45.7 Å². The Morgan fingerprint density at radius 3 is 2.45 bits per heavy atom. The maximum absolute atomic E-state index is 5.94. The van der Waals surface area contributed by atoms with Gasteiger partial charge in [-0.15, -0.1) is 0 Å². The minimum atomic E-state index is -0.0118. The molecular weight excluding hydrogens is 366 g/mol. The average molecular weight is 396 g/mol. The Morgan fingerprint density at radius 1 is 1.07 bits per heavy atom. The lowest BCUT2D eigenvalue weighted by Crippen LogP contribution is -2.46. The summed E-state index contributed by atoms with van der Waals surface area (Å²) < 4.78 is 11.5. The van der Waals surface area contributed by atoms with Gasteiger partial charge in [0, 0.05) is 37.2 Å². The minimum Gasteiger partial charge on any atom is -0.444 e. The number of benzene rings is 1. The Kier molecular flexibility index (Phi) is 5.52. The smallest absolute Gasteiger partial charge is 0.244 e. The monoisotopic (exact) mass is 395 g/mol. The standard InChI is InChI=1S/C22H29N5O2/c1-16(21-24-20(25-29-21)17-8-6-5-7-9-17)27-12-10-26(11-13-27)15-19-23-14-18(28-19)22(2,3)4/h5-9,14,16H,10-13,15H2,1-4H3/t16-/m0/s1. The molecule has 0 aliphatic carbocycles. The molecule has 0 radical (unpaired) electrons. The SMILES string of the molecule is C[C@@H](c1nc(-c2ccccc2)no1)N1CCN(Cc2ncc(C(C)(C)C)o2)CC1. The number of hydrogen-bond acceptors (Lipinski definition) is 7. The third-order valence-corrected chi connectivity index (χ3v) is 5.44. The second kappa shape index (κ2) is 8.08. The predicted octanol–water partition coefficient (Wildman–Crippen LogP) is 3.90. The van der Waals surface area contributed by atoms with Crippen LogP contribution in [0.25, 0.3) is 11.4 Å². The van der Waals surface area contributed by atoms with Gasteiger partial charge in [0.2, 0.25) is 17.6 Å². The minimum absolute atomic E-state index is 0.0118. The summed E-state index contributed by atoms with van der Waals surface area (Å²) in [6, 6.07) is 10.0. The van der Waals surface area contributed by atoms with E-state index < -0.39 is 0 Å². The Labute approximate surface area is 171 Å². The van der Waals surface area contributed by atoms with Crippen LogP contribution in [0.1, 0.15) is 51.3 Å². The number of aromatic nitrogens is 3. The Morgan fingerprint density at radius 2 is 1.79 bits per heavy atom. The van der Waals surface area contributed by atoms with Crippen molar-refractivity contribution < 1.29 is 8.94 Å². The highest BCUT2D eigenvalue weighted by Crippen LogP contribution is 2.25. The van der Waals surface area contributed by atoms with Crippen LogP contribution in [0.3, 0.4) is 0 Å². The van der Waals surface area contributed by atoms with Gasteiger partial charge in [-0.05, 0) is 6.92 Å². The van der Waals surface area contributed by atoms with Crippen molar-refractivity contribution in [3.05, 3.63) is 54.1 Å². The van der Waals surface area contributed by atoms with Gasteiger partial charge < -0.3 is 8.94 Å². The molecule has 4 rings (SSSR count). The van der Waals surface area contributed by atoms with E-state index in [4.69, 9.17) is 8.94 Å². The van der Waals surface area contributed by atoms with Crippen LogP contribution in [0.4, 0.5) is 0 Å². The summed E-state index contributed by atoms with van der Waals surface area (Å²) in [6.07, 6.45) is 1.85. The van der Waals surface area contributed by atoms with E-state index in [1.165, 1.54) is 0 Å². The molecule has 1 aliphatic rings. The van der Waals surface area contributed by atoms with E-state index in [1.807, 2.05) is 36.5 Å². The van der Waals surface area contributed by atoms with Crippen LogP contribution in [0.15, 0.2) is 45.5 Å². The lowest BCUT2D eigenvalue weighted by molar-refractivity contribution is 0.0793. The van der Waals surface area contributed by atoms with Crippen molar-refractivity contribution in [3.8, 4) is 11.4 Å². The van der Waals surface area contributed by atoms with Crippen LogP contribution < -0.4 is 0 Å². The third-order valence-electron chi connectivity index (χ3n) is 5.44. The van der Waals surface area contributed by atoms with Crippen molar-refractivity contribution in [3.63, 3.8) is 0 Å². The maximum atomic E-state index is 5.94. The predicted molar refractivity (Wildman–Crippen MR) is 110 cm³/mol. The van der Waals surface area contributed by atoms with Gasteiger partial charge in [-0.25, -0.2) is 4.98 Å². The molecule has 0 unspecified atom stereocenters. The van der Waals surface area contributed by atoms with E-state index >= 15 is 0 Å². The molecule has 3 aromatic rings. The van der Waals surface area contributed by atoms with Gasteiger partial charge >= 0.3 is 0 Å². The molecule has 7 heteroatoms. The topological polar surface area (TPSA) is 71.4 Å². The van der Waals surface area contributed by atoms with Gasteiger partial charge in [0.25, 0.3) is 0 Å². The molecule has 1 saturated heterocycles. The van der Waals surface area contributed by atoms with E-state index in [2.05, 4.69) is 52.6 Å². The van der Waals surface area contributed by atoms with Crippen molar-refractivity contribution in [2.75, 3.05) is 26.2 Å². The Hall–Kier alpha value is -2.51. The summed E-state index contributed by atoms with van der Waals surface area (Å²) in [7, 11) is 0. The molecule has 29 heavy (non-hydrogen) atoms. The summed E-state index contributed by atoms with van der Waals surface area (Å²) in [4.78, 5) is 13.8. The van der Waals surface area contributed by atoms with Crippen LogP contribution in [0.5, 0.6) is 0 Å². The number of piperazine rings is 1. The molecule has 0 spiro atoms. The molecule has 3 heterocycles. The Bertz CT molecular complexity index is 920. The van der Waals surface area contributed by atoms with Crippen LogP contribution in [0.2, 0.25) is 0 Å². The second-order valence-electron chi connectivity index (χ2n) is 8.68. The third kappa shape index (κ3) is 4.57. The van der Waals surface area contributed by atoms with Crippen LogP contribution in [-0.2, 0) is 12.0 Å². The van der Waals surface area contributed by atoms with Crippen molar-refractivity contribution >= 4 is 0 Å². The molecule has 1 aromatic carbocycles. The number of oxazole rings is 1. The largest absolute Gasteiger partial charge is 0.444 e. The summed E-state index contributed by atoms with van der Waals surface area (Å²) in [5.41, 5.74) is 0.960. The van der Waals surface area contributed by atoms with E-state index in [1.54, 1.807) is 0 Å². The number of hydrogen-bond donors (Lipinski definition) is 0. The van der Waals surface area contributed by atoms with Crippen molar-refractivity contribution in [2.24, 2.45) is 0 Å². The lowest BCUT2D eigenvalue weighted by atomic mass is 9.94. The normalized spacial score (nSPS) is 17.5. The van der Waals surface area contributed by atoms with Crippen LogP contribution in [0, 0.1) is 0 Å². The van der Waals surface area contributed by atoms with E-state index in [0.717, 1.165) is 49.9 Å². The highest BCUT2D eigenvalue weighted by molar-refractivity contribution is 5.53. The molecule has 0 saturated carbocycles. The summed E-state index contributed by atoms with van der Waals surface area (Å²) in [6.45, 7) is 13.1. The molecule has 1 atom stereocenters. The maximum Gasteiger partial charge on any atom is 0.244 e. The fraction of sp³-hybridized carbons (Fsp3) is 0.500. The zero-order valence-electron chi connectivity index (χ0n) is 17.6. The molecule has 154 valence electrons. The zero-order valence-corrected chi connectivity index (χ0v) is 17.6. The second-order valence-corrected chi connectivity index (χ2v) is 8.68. The fourth-order valence-electron chi connectivity index (χ4n) is 3.50. The summed E-state index contributed by atoms with van der Waals surface area (Å²) >= 11 is 0. The first kappa shape index (κ1) is 19.8. The first-order valence-electron chi connectivity index (χ1n) is 10.2. The molecule has 0 amide bonds. The van der Waals surface area contributed by atoms with Crippen molar-refractivity contribution in [1.29, 1.82) is 0 Å². The fourth-order valence-corrected chi connectivity index (χ4v) is 3.50. The van der Waals surface area contributed by atoms with Gasteiger partial charge in [-0.3, -0.25) is 9.80 Å². The summed E-state index contributed by atoms with van der Waals surface area (Å²) in [5.74, 6) is 3.04. The highest BCUT2D eigenvalue weighted by Gasteiger charge is 2.27. The van der Waals surface area contributed by atoms with Gasteiger partial charge in [-0.1, -0.05) is 56.3 Å². The molecule has 7 nitrogen and oxygen atoms in total. The zero-order chi connectivity index (χ0) is 20.4. The highest BCUT2D eigenvalue weighted by atomic mass is 16.5. The van der Waals surface area contributed by atoms with Gasteiger partial charge in [0.1, 0.15) is 5.76 Å². The van der Waals surface area contributed by atoms with Gasteiger partial charge in [0.05, 0.1) is 18.8 Å². The first-order chi connectivity index (χ1) is 13.9. The van der Waals surface area contributed by atoms with Gasteiger partial charge in [0.15, 0.2) is 0 Å². The quantitative estimate of drug-likeness (QED) is 0.649. The van der Waals surface area contributed by atoms with Gasteiger partial charge in [-0.2, -0.15) is 4.98 Å². The average Bonchev–Trinajstić information content (AvgIpc) is 3.38. The lowest BCUT2D eigenvalue weighted by Gasteiger charge is -2.36. The number of rotatable bonds is 5. The summed E-state index contributed by atoms with van der Waals surface area (Å²) in [5, 5.41) is 4.15. The Balaban J connectivity index is 1.32.